The molecule has 142 valence electrons. The van der Waals surface area contributed by atoms with E-state index in [4.69, 9.17) is 4.74 Å². The average molecular weight is 381 g/mol. The first-order valence-electron chi connectivity index (χ1n) is 8.35. The van der Waals surface area contributed by atoms with E-state index in [1.54, 1.807) is 12.1 Å². The first-order chi connectivity index (χ1) is 12.3. The number of urea groups is 1. The van der Waals surface area contributed by atoms with Gasteiger partial charge < -0.3 is 10.1 Å². The van der Waals surface area contributed by atoms with Gasteiger partial charge in [-0.3, -0.25) is 9.69 Å². The highest BCUT2D eigenvalue weighted by Gasteiger charge is 2.54. The molecule has 1 fully saturated rings. The molecule has 9 heteroatoms. The molecule has 2 rings (SSSR count). The fourth-order valence-electron chi connectivity index (χ4n) is 2.92. The molecule has 1 aliphatic rings. The molecular weight excluding hydrogens is 358 g/mol. The number of carbonyl (C=O) groups is 2. The highest BCUT2D eigenvalue weighted by molar-refractivity contribution is 7.61. The number of methoxy groups -OCH3 is 1. The Balaban J connectivity index is 2.48. The van der Waals surface area contributed by atoms with Crippen molar-refractivity contribution in [1.82, 2.24) is 10.2 Å². The van der Waals surface area contributed by atoms with Crippen LogP contribution < -0.4 is 10.1 Å². The molecule has 0 bridgehead atoms. The van der Waals surface area contributed by atoms with Crippen LogP contribution in [0.25, 0.3) is 0 Å². The quantitative estimate of drug-likeness (QED) is 0.814. The molecule has 26 heavy (non-hydrogen) atoms. The second kappa shape index (κ2) is 7.86. The SMILES string of the molecule is CCC(C)N(C(=O)NC)C(=O)C1(c2ccc(OC)c(N=S(=O)=O)c2)CC1. The molecule has 1 aromatic rings. The molecule has 0 radical (unpaired) electrons. The number of hydrogen-bond acceptors (Lipinski definition) is 6. The van der Waals surface area contributed by atoms with E-state index < -0.39 is 21.9 Å². The maximum atomic E-state index is 13.2. The molecule has 3 amide bonds. The van der Waals surface area contributed by atoms with Crippen molar-refractivity contribution in [1.29, 1.82) is 0 Å². The Morgan fingerprint density at radius 2 is 2.04 bits per heavy atom. The Morgan fingerprint density at radius 3 is 2.50 bits per heavy atom. The van der Waals surface area contributed by atoms with E-state index in [0.29, 0.717) is 30.6 Å². The zero-order valence-electron chi connectivity index (χ0n) is 15.3. The van der Waals surface area contributed by atoms with Gasteiger partial charge in [0, 0.05) is 13.1 Å². The predicted molar refractivity (Wildman–Crippen MR) is 96.0 cm³/mol. The maximum absolute atomic E-state index is 13.2. The van der Waals surface area contributed by atoms with Crippen molar-refractivity contribution in [2.24, 2.45) is 4.36 Å². The van der Waals surface area contributed by atoms with E-state index in [1.165, 1.54) is 25.1 Å². The lowest BCUT2D eigenvalue weighted by molar-refractivity contribution is -0.132. The lowest BCUT2D eigenvalue weighted by Gasteiger charge is -2.30. The topological polar surface area (TPSA) is 105 Å². The van der Waals surface area contributed by atoms with Crippen LogP contribution in [0.5, 0.6) is 5.75 Å². The summed E-state index contributed by atoms with van der Waals surface area (Å²) in [6.07, 6.45) is 1.80. The molecule has 8 nitrogen and oxygen atoms in total. The third-order valence-corrected chi connectivity index (χ3v) is 5.09. The largest absolute Gasteiger partial charge is 0.494 e. The van der Waals surface area contributed by atoms with Crippen LogP contribution in [0, 0.1) is 0 Å². The molecule has 0 saturated heterocycles. The number of rotatable bonds is 6. The van der Waals surface area contributed by atoms with Crippen LogP contribution in [-0.4, -0.2) is 45.5 Å². The van der Waals surface area contributed by atoms with Crippen molar-refractivity contribution in [2.45, 2.75) is 44.6 Å². The number of benzene rings is 1. The van der Waals surface area contributed by atoms with E-state index in [9.17, 15) is 18.0 Å². The highest BCUT2D eigenvalue weighted by Crippen LogP contribution is 2.51. The third kappa shape index (κ3) is 3.72. The zero-order valence-corrected chi connectivity index (χ0v) is 16.1. The number of ether oxygens (including phenoxy) is 1. The predicted octanol–water partition coefficient (Wildman–Crippen LogP) is 2.39. The van der Waals surface area contributed by atoms with Crippen LogP contribution in [0.2, 0.25) is 0 Å². The van der Waals surface area contributed by atoms with Gasteiger partial charge in [-0.05, 0) is 43.9 Å². The number of nitrogens with zero attached hydrogens (tertiary/aromatic N) is 2. The molecule has 1 N–H and O–H groups in total. The summed E-state index contributed by atoms with van der Waals surface area (Å²) in [5, 5.41) is 2.51. The van der Waals surface area contributed by atoms with Gasteiger partial charge in [-0.15, -0.1) is 4.36 Å². The van der Waals surface area contributed by atoms with Crippen molar-refractivity contribution >= 4 is 28.1 Å². The monoisotopic (exact) mass is 381 g/mol. The Morgan fingerprint density at radius 1 is 1.38 bits per heavy atom. The lowest BCUT2D eigenvalue weighted by atomic mass is 9.93. The number of nitrogens with one attached hydrogen (secondary N) is 1. The van der Waals surface area contributed by atoms with E-state index >= 15 is 0 Å². The van der Waals surface area contributed by atoms with Crippen LogP contribution in [-0.2, 0) is 20.7 Å². The van der Waals surface area contributed by atoms with Crippen LogP contribution in [0.3, 0.4) is 0 Å². The van der Waals surface area contributed by atoms with Crippen molar-refractivity contribution < 1.29 is 22.7 Å². The van der Waals surface area contributed by atoms with E-state index in [1.807, 2.05) is 13.8 Å². The summed E-state index contributed by atoms with van der Waals surface area (Å²) in [7, 11) is 0.253. The molecule has 0 spiro atoms. The highest BCUT2D eigenvalue weighted by atomic mass is 32.2. The van der Waals surface area contributed by atoms with Gasteiger partial charge >= 0.3 is 16.5 Å². The van der Waals surface area contributed by atoms with Crippen LogP contribution >= 0.6 is 0 Å². The summed E-state index contributed by atoms with van der Waals surface area (Å²) in [6.45, 7) is 3.72. The average Bonchev–Trinajstić information content (AvgIpc) is 3.42. The number of imide groups is 1. The summed E-state index contributed by atoms with van der Waals surface area (Å²) in [5.41, 5.74) is -0.0752. The van der Waals surface area contributed by atoms with Crippen molar-refractivity contribution in [3.63, 3.8) is 0 Å². The number of amides is 3. The molecule has 0 heterocycles. The summed E-state index contributed by atoms with van der Waals surface area (Å²) >= 11 is 0. The fraction of sp³-hybridized carbons (Fsp3) is 0.529. The second-order valence-electron chi connectivity index (χ2n) is 6.26. The van der Waals surface area contributed by atoms with Crippen molar-refractivity contribution in [3.8, 4) is 5.75 Å². The summed E-state index contributed by atoms with van der Waals surface area (Å²) in [6, 6.07) is 4.14. The Bertz CT molecular complexity index is 838. The van der Waals surface area contributed by atoms with Crippen LogP contribution in [0.15, 0.2) is 22.6 Å². The molecule has 1 saturated carbocycles. The molecule has 0 aliphatic heterocycles. The van der Waals surface area contributed by atoms with E-state index in [2.05, 4.69) is 9.68 Å². The van der Waals surface area contributed by atoms with Crippen LogP contribution in [0.4, 0.5) is 10.5 Å². The summed E-state index contributed by atoms with van der Waals surface area (Å²) in [4.78, 5) is 26.7. The van der Waals surface area contributed by atoms with Gasteiger partial charge in [0.1, 0.15) is 11.4 Å². The number of carbonyl (C=O) groups excluding carboxylic acids is 2. The van der Waals surface area contributed by atoms with Gasteiger partial charge in [-0.2, -0.15) is 8.42 Å². The van der Waals surface area contributed by atoms with Gasteiger partial charge in [0.25, 0.3) is 0 Å². The Labute approximate surface area is 154 Å². The summed E-state index contributed by atoms with van der Waals surface area (Å²) < 4.78 is 30.6. The molecule has 1 aliphatic carbocycles. The van der Waals surface area contributed by atoms with Gasteiger partial charge in [-0.1, -0.05) is 13.0 Å². The minimum absolute atomic E-state index is 0.132. The maximum Gasteiger partial charge on any atom is 0.324 e. The van der Waals surface area contributed by atoms with Gasteiger partial charge in [0.05, 0.1) is 12.5 Å². The van der Waals surface area contributed by atoms with E-state index in [-0.39, 0.29) is 17.6 Å². The first kappa shape index (κ1) is 19.9. The Kier molecular flexibility index (Phi) is 6.01. The summed E-state index contributed by atoms with van der Waals surface area (Å²) in [5.74, 6) is 0.0110. The molecule has 1 atom stereocenters. The van der Waals surface area contributed by atoms with Crippen molar-refractivity contribution in [2.75, 3.05) is 14.2 Å². The van der Waals surface area contributed by atoms with Crippen LogP contribution in [0.1, 0.15) is 38.7 Å². The van der Waals surface area contributed by atoms with Crippen molar-refractivity contribution in [3.05, 3.63) is 23.8 Å². The molecule has 0 aromatic heterocycles. The number of hydrogen-bond donors (Lipinski definition) is 1. The molecular formula is C17H23N3O5S. The standard InChI is InChI=1S/C17H23N3O5S/c1-5-11(2)20(16(22)18-3)15(21)17(8-9-17)12-6-7-14(25-4)13(10-12)19-26(23)24/h6-7,10-11H,5,8-9H2,1-4H3,(H,18,22). The lowest BCUT2D eigenvalue weighted by Crippen LogP contribution is -2.51. The third-order valence-electron chi connectivity index (χ3n) is 4.75. The minimum atomic E-state index is -2.64. The normalized spacial score (nSPS) is 15.5. The van der Waals surface area contributed by atoms with Gasteiger partial charge in [0.2, 0.25) is 5.91 Å². The zero-order chi connectivity index (χ0) is 19.5. The Hall–Kier alpha value is -2.42. The second-order valence-corrected chi connectivity index (χ2v) is 6.88. The van der Waals surface area contributed by atoms with E-state index in [0.717, 1.165) is 0 Å². The first-order valence-corrected chi connectivity index (χ1v) is 9.39. The smallest absolute Gasteiger partial charge is 0.324 e. The minimum Gasteiger partial charge on any atom is -0.494 e. The molecule has 1 unspecified atom stereocenters. The fourth-order valence-corrected chi connectivity index (χ4v) is 3.22. The molecule has 1 aromatic carbocycles. The van der Waals surface area contributed by atoms with Gasteiger partial charge in [0.15, 0.2) is 0 Å². The van der Waals surface area contributed by atoms with Gasteiger partial charge in [-0.25, -0.2) is 4.79 Å².